The molecule has 0 radical (unpaired) electrons. The van der Waals surface area contributed by atoms with Gasteiger partial charge in [0.1, 0.15) is 23.5 Å². The fraction of sp³-hybridized carbons (Fsp3) is 0.0370. The molecule has 4 nitrogen and oxygen atoms in total. The molecule has 0 bridgehead atoms. The molecule has 0 saturated heterocycles. The Bertz CT molecular complexity index is 3140. The standard InChI is InChI=1S/C54H36N4/c1-3-21-45-41(17-1)43-19-11-27-51-53(43)57(45)49-25-7-5-23-47(49)55(51)39-31-29-35(30-32-39)36-13-9-14-37(33-36)38-15-10-16-40(34-38)56-48-24-6-8-26-50(48)58-46-22-4-2-18-42(46)44-20-12-28-52(56)54(44)58/h1-34,53-54H/q+2. The first kappa shape index (κ1) is 31.6. The number of hydrogen-bond acceptors (Lipinski definition) is 2. The Balaban J connectivity index is 0.870. The molecule has 0 spiro atoms. The molecule has 270 valence electrons. The van der Waals surface area contributed by atoms with Gasteiger partial charge in [0.25, 0.3) is 0 Å². The number of nitrogens with zero attached hydrogens (tertiary/aromatic N) is 4. The van der Waals surface area contributed by atoms with Crippen LogP contribution in [0.2, 0.25) is 0 Å². The van der Waals surface area contributed by atoms with E-state index >= 15 is 0 Å². The van der Waals surface area contributed by atoms with Gasteiger partial charge < -0.3 is 9.80 Å². The summed E-state index contributed by atoms with van der Waals surface area (Å²) in [6, 6.07) is 62.7. The molecule has 0 amide bonds. The largest absolute Gasteiger partial charge is 0.318 e. The quantitative estimate of drug-likeness (QED) is 0.167. The minimum absolute atomic E-state index is 0.130. The summed E-state index contributed by atoms with van der Waals surface area (Å²) in [5, 5.41) is 0. The Labute approximate surface area is 337 Å². The number of fused-ring (bicyclic) bond motifs is 10. The highest BCUT2D eigenvalue weighted by Crippen LogP contribution is 2.53. The van der Waals surface area contributed by atoms with Gasteiger partial charge in [-0.3, -0.25) is 0 Å². The van der Waals surface area contributed by atoms with Crippen LogP contribution in [0.3, 0.4) is 0 Å². The number of para-hydroxylation sites is 6. The Hall–Kier alpha value is -7.56. The number of anilines is 4. The molecule has 7 aromatic rings. The zero-order valence-electron chi connectivity index (χ0n) is 31.6. The molecule has 13 rings (SSSR count). The molecule has 0 aromatic heterocycles. The maximum absolute atomic E-state index is 2.52. The van der Waals surface area contributed by atoms with E-state index in [1.54, 1.807) is 0 Å². The number of rotatable bonds is 4. The molecule has 0 saturated carbocycles. The summed E-state index contributed by atoms with van der Waals surface area (Å²) in [6.07, 6.45) is 13.6. The van der Waals surface area contributed by atoms with Crippen molar-refractivity contribution < 1.29 is 0 Å². The minimum Gasteiger partial charge on any atom is -0.318 e. The van der Waals surface area contributed by atoms with Gasteiger partial charge in [-0.25, -0.2) is 0 Å². The van der Waals surface area contributed by atoms with Gasteiger partial charge in [0.2, 0.25) is 34.2 Å². The van der Waals surface area contributed by atoms with Crippen molar-refractivity contribution in [2.45, 2.75) is 12.1 Å². The second kappa shape index (κ2) is 12.0. The Morgan fingerprint density at radius 1 is 0.362 bits per heavy atom. The van der Waals surface area contributed by atoms with Crippen LogP contribution in [-0.2, 0) is 0 Å². The van der Waals surface area contributed by atoms with Crippen molar-refractivity contribution in [3.63, 3.8) is 0 Å². The topological polar surface area (TPSA) is 12.5 Å². The van der Waals surface area contributed by atoms with E-state index in [1.807, 2.05) is 0 Å². The fourth-order valence-electron chi connectivity index (χ4n) is 10.3. The summed E-state index contributed by atoms with van der Waals surface area (Å²) in [4.78, 5) is 5.04. The molecular weight excluding hydrogens is 705 g/mol. The average Bonchev–Trinajstić information content (AvgIpc) is 3.82. The molecular formula is C54H36N4+2. The number of allylic oxidation sites excluding steroid dienone is 4. The lowest BCUT2D eigenvalue weighted by atomic mass is 9.92. The molecule has 4 heteroatoms. The van der Waals surface area contributed by atoms with Crippen molar-refractivity contribution in [3.8, 4) is 22.3 Å². The summed E-state index contributed by atoms with van der Waals surface area (Å²) in [6.45, 7) is 0. The minimum atomic E-state index is 0.130. The Morgan fingerprint density at radius 3 is 1.41 bits per heavy atom. The third-order valence-corrected chi connectivity index (χ3v) is 12.7. The molecule has 58 heavy (non-hydrogen) atoms. The van der Waals surface area contributed by atoms with Gasteiger partial charge in [-0.05, 0) is 75.9 Å². The highest BCUT2D eigenvalue weighted by molar-refractivity contribution is 6.22. The van der Waals surface area contributed by atoms with Crippen molar-refractivity contribution in [1.29, 1.82) is 0 Å². The third-order valence-electron chi connectivity index (χ3n) is 12.7. The lowest BCUT2D eigenvalue weighted by Gasteiger charge is -2.32. The average molecular weight is 741 g/mol. The molecule has 0 fully saturated rings. The van der Waals surface area contributed by atoms with Gasteiger partial charge in [0.15, 0.2) is 0 Å². The normalized spacial score (nSPS) is 18.6. The van der Waals surface area contributed by atoms with Gasteiger partial charge in [0, 0.05) is 59.7 Å². The van der Waals surface area contributed by atoms with E-state index < -0.39 is 0 Å². The van der Waals surface area contributed by atoms with E-state index in [1.165, 1.54) is 90.1 Å². The van der Waals surface area contributed by atoms with Crippen LogP contribution in [0.15, 0.2) is 206 Å². The van der Waals surface area contributed by atoms with Crippen LogP contribution in [0.1, 0.15) is 11.1 Å². The van der Waals surface area contributed by atoms with E-state index in [4.69, 9.17) is 0 Å². The monoisotopic (exact) mass is 740 g/mol. The number of benzene rings is 7. The smallest absolute Gasteiger partial charge is 0.235 e. The lowest BCUT2D eigenvalue weighted by Crippen LogP contribution is -2.43. The first-order valence-corrected chi connectivity index (χ1v) is 20.2. The summed E-state index contributed by atoms with van der Waals surface area (Å²) < 4.78 is 4.93. The molecule has 6 aliphatic rings. The van der Waals surface area contributed by atoms with Crippen LogP contribution in [0.5, 0.6) is 0 Å². The molecule has 4 aliphatic heterocycles. The zero-order valence-corrected chi connectivity index (χ0v) is 31.6. The third kappa shape index (κ3) is 4.34. The van der Waals surface area contributed by atoms with Crippen LogP contribution in [0.25, 0.3) is 33.4 Å². The second-order valence-corrected chi connectivity index (χ2v) is 15.7. The fourth-order valence-corrected chi connectivity index (χ4v) is 10.3. The SMILES string of the molecule is C1=CC2=[N+](c3ccc(-c4cccc(-c5cccc([N+]6=C7C=CC=C8c9ccccc9N(c9ccccc96)C87)c5)c4)cc3)c3ccccc3N3c4ccccc4C(=C1)C23. The molecule has 7 aromatic carbocycles. The van der Waals surface area contributed by atoms with Crippen molar-refractivity contribution in [2.75, 3.05) is 9.80 Å². The van der Waals surface area contributed by atoms with Crippen molar-refractivity contribution in [1.82, 2.24) is 9.15 Å². The number of hydrogen-bond donors (Lipinski definition) is 0. The maximum atomic E-state index is 2.52. The van der Waals surface area contributed by atoms with Crippen LogP contribution >= 0.6 is 0 Å². The molecule has 2 atom stereocenters. The first-order chi connectivity index (χ1) is 28.8. The van der Waals surface area contributed by atoms with E-state index in [0.29, 0.717) is 0 Å². The van der Waals surface area contributed by atoms with Crippen LogP contribution in [0.4, 0.5) is 45.5 Å². The Kier molecular flexibility index (Phi) is 6.53. The van der Waals surface area contributed by atoms with E-state index in [9.17, 15) is 0 Å². The van der Waals surface area contributed by atoms with Crippen molar-refractivity contribution >= 4 is 68.1 Å². The second-order valence-electron chi connectivity index (χ2n) is 15.7. The molecule has 2 unspecified atom stereocenters. The van der Waals surface area contributed by atoms with Crippen LogP contribution in [0, 0.1) is 0 Å². The van der Waals surface area contributed by atoms with E-state index in [0.717, 1.165) is 11.4 Å². The van der Waals surface area contributed by atoms with Crippen molar-refractivity contribution in [2.24, 2.45) is 0 Å². The highest BCUT2D eigenvalue weighted by Gasteiger charge is 2.49. The zero-order chi connectivity index (χ0) is 37.9. The van der Waals surface area contributed by atoms with Crippen LogP contribution in [-0.4, -0.2) is 23.5 Å². The first-order valence-electron chi connectivity index (χ1n) is 20.2. The summed E-state index contributed by atoms with van der Waals surface area (Å²) >= 11 is 0. The van der Waals surface area contributed by atoms with E-state index in [2.05, 4.69) is 225 Å². The predicted octanol–water partition coefficient (Wildman–Crippen LogP) is 12.5. The predicted molar refractivity (Wildman–Crippen MR) is 242 cm³/mol. The summed E-state index contributed by atoms with van der Waals surface area (Å²) in [5.74, 6) is 0. The van der Waals surface area contributed by atoms with Gasteiger partial charge in [-0.15, -0.1) is 0 Å². The van der Waals surface area contributed by atoms with Gasteiger partial charge in [-0.2, -0.15) is 9.15 Å². The summed E-state index contributed by atoms with van der Waals surface area (Å²) in [5.41, 5.74) is 22.4. The van der Waals surface area contributed by atoms with Crippen LogP contribution < -0.4 is 19.0 Å². The highest BCUT2D eigenvalue weighted by atomic mass is 15.3. The molecule has 2 aliphatic carbocycles. The molecule has 4 heterocycles. The summed E-state index contributed by atoms with van der Waals surface area (Å²) in [7, 11) is 0. The van der Waals surface area contributed by atoms with Gasteiger partial charge in [-0.1, -0.05) is 115 Å². The van der Waals surface area contributed by atoms with Crippen molar-refractivity contribution in [3.05, 3.63) is 217 Å². The Morgan fingerprint density at radius 2 is 0.828 bits per heavy atom. The molecule has 0 N–H and O–H groups in total. The lowest BCUT2D eigenvalue weighted by molar-refractivity contribution is 0.931. The maximum Gasteiger partial charge on any atom is 0.235 e. The van der Waals surface area contributed by atoms with E-state index in [-0.39, 0.29) is 12.1 Å². The van der Waals surface area contributed by atoms with Gasteiger partial charge >= 0.3 is 0 Å². The van der Waals surface area contributed by atoms with Gasteiger partial charge in [0.05, 0.1) is 11.4 Å².